The van der Waals surface area contributed by atoms with E-state index in [9.17, 15) is 4.79 Å². The molecule has 0 radical (unpaired) electrons. The lowest BCUT2D eigenvalue weighted by molar-refractivity contribution is 0.102. The molecule has 0 unspecified atom stereocenters. The van der Waals surface area contributed by atoms with E-state index in [0.717, 1.165) is 0 Å². The number of aryl methyl sites for hydroxylation is 2. The van der Waals surface area contributed by atoms with Gasteiger partial charge in [-0.2, -0.15) is 10.4 Å². The molecular weight excluding hydrogens is 220 g/mol. The Morgan fingerprint density at radius 2 is 2.29 bits per heavy atom. The van der Waals surface area contributed by atoms with Crippen LogP contribution in [0.3, 0.4) is 0 Å². The van der Waals surface area contributed by atoms with Crippen LogP contribution in [-0.2, 0) is 14.1 Å². The predicted octanol–water partition coefficient (Wildman–Crippen LogP) is 0.278. The number of hydrogen-bond donors (Lipinski definition) is 1. The van der Waals surface area contributed by atoms with Gasteiger partial charge in [-0.15, -0.1) is 0 Å². The van der Waals surface area contributed by atoms with Crippen LogP contribution in [0, 0.1) is 11.3 Å². The van der Waals surface area contributed by atoms with Crippen molar-refractivity contribution in [3.63, 3.8) is 0 Å². The van der Waals surface area contributed by atoms with E-state index in [2.05, 4.69) is 15.4 Å². The second kappa shape index (κ2) is 4.09. The van der Waals surface area contributed by atoms with Crippen molar-refractivity contribution in [2.45, 2.75) is 0 Å². The number of imidazole rings is 1. The van der Waals surface area contributed by atoms with Gasteiger partial charge in [0, 0.05) is 20.3 Å². The molecule has 86 valence electrons. The lowest BCUT2D eigenvalue weighted by Gasteiger charge is -2.03. The molecule has 1 amide bonds. The number of hydrogen-bond acceptors (Lipinski definition) is 4. The van der Waals surface area contributed by atoms with Crippen molar-refractivity contribution in [3.05, 3.63) is 30.0 Å². The van der Waals surface area contributed by atoms with Crippen LogP contribution in [0.5, 0.6) is 0 Å². The molecule has 0 aliphatic carbocycles. The van der Waals surface area contributed by atoms with Gasteiger partial charge in [-0.25, -0.2) is 4.98 Å². The van der Waals surface area contributed by atoms with E-state index >= 15 is 0 Å². The Balaban J connectivity index is 2.24. The molecule has 17 heavy (non-hydrogen) atoms. The first-order valence-electron chi connectivity index (χ1n) is 4.83. The highest BCUT2D eigenvalue weighted by atomic mass is 16.2. The average molecular weight is 230 g/mol. The van der Waals surface area contributed by atoms with Crippen LogP contribution in [-0.4, -0.2) is 25.2 Å². The van der Waals surface area contributed by atoms with Crippen molar-refractivity contribution in [2.24, 2.45) is 14.1 Å². The van der Waals surface area contributed by atoms with Gasteiger partial charge in [0.25, 0.3) is 5.91 Å². The molecule has 0 aliphatic heterocycles. The second-order valence-electron chi connectivity index (χ2n) is 3.52. The Hall–Kier alpha value is -2.62. The van der Waals surface area contributed by atoms with Crippen molar-refractivity contribution in [1.29, 1.82) is 5.26 Å². The summed E-state index contributed by atoms with van der Waals surface area (Å²) in [6, 6.07) is 1.95. The molecule has 2 rings (SSSR count). The molecule has 0 aromatic carbocycles. The summed E-state index contributed by atoms with van der Waals surface area (Å²) in [5.41, 5.74) is 0.606. The van der Waals surface area contributed by atoms with Gasteiger partial charge >= 0.3 is 0 Å². The Morgan fingerprint density at radius 1 is 1.53 bits per heavy atom. The zero-order valence-corrected chi connectivity index (χ0v) is 9.38. The average Bonchev–Trinajstić information content (AvgIpc) is 2.87. The Bertz CT molecular complexity index is 603. The Morgan fingerprint density at radius 3 is 2.88 bits per heavy atom. The molecule has 0 aliphatic rings. The molecular formula is C10H10N6O. The quantitative estimate of drug-likeness (QED) is 0.802. The first kappa shape index (κ1) is 10.9. The maximum atomic E-state index is 11.8. The molecule has 0 saturated heterocycles. The third kappa shape index (κ3) is 2.01. The van der Waals surface area contributed by atoms with E-state index in [0.29, 0.717) is 11.4 Å². The first-order chi connectivity index (χ1) is 8.11. The molecule has 0 saturated carbocycles. The van der Waals surface area contributed by atoms with Crippen LogP contribution in [0.4, 0.5) is 5.82 Å². The van der Waals surface area contributed by atoms with E-state index in [4.69, 9.17) is 5.26 Å². The molecule has 0 atom stereocenters. The Kier molecular flexibility index (Phi) is 2.62. The van der Waals surface area contributed by atoms with Gasteiger partial charge in [-0.05, 0) is 0 Å². The highest BCUT2D eigenvalue weighted by molar-refractivity contribution is 6.02. The number of amides is 1. The smallest absolute Gasteiger partial charge is 0.277 e. The van der Waals surface area contributed by atoms with Crippen LogP contribution in [0.25, 0.3) is 0 Å². The van der Waals surface area contributed by atoms with E-state index in [1.165, 1.54) is 17.2 Å². The number of anilines is 1. The van der Waals surface area contributed by atoms with E-state index in [-0.39, 0.29) is 11.6 Å². The van der Waals surface area contributed by atoms with Crippen molar-refractivity contribution in [1.82, 2.24) is 19.3 Å². The van der Waals surface area contributed by atoms with Crippen LogP contribution in [0.1, 0.15) is 16.1 Å². The summed E-state index contributed by atoms with van der Waals surface area (Å²) in [4.78, 5) is 15.7. The van der Waals surface area contributed by atoms with Gasteiger partial charge < -0.3 is 9.88 Å². The van der Waals surface area contributed by atoms with Crippen molar-refractivity contribution in [2.75, 3.05) is 5.32 Å². The number of nitriles is 1. The summed E-state index contributed by atoms with van der Waals surface area (Å²) in [5.74, 6) is -0.00569. The van der Waals surface area contributed by atoms with Gasteiger partial charge in [-0.1, -0.05) is 0 Å². The minimum Gasteiger partial charge on any atom is -0.340 e. The normalized spacial score (nSPS) is 9.94. The topological polar surface area (TPSA) is 88.5 Å². The summed E-state index contributed by atoms with van der Waals surface area (Å²) < 4.78 is 3.10. The number of carbonyl (C=O) groups excluding carboxylic acids is 1. The molecule has 0 fully saturated rings. The Labute approximate surface area is 97.3 Å². The summed E-state index contributed by atoms with van der Waals surface area (Å²) >= 11 is 0. The fourth-order valence-corrected chi connectivity index (χ4v) is 1.37. The molecule has 0 spiro atoms. The first-order valence-corrected chi connectivity index (χ1v) is 4.83. The standard InChI is InChI=1S/C10H10N6O/c1-15-5-8(12-6-15)10(17)14-9-7(3-11)4-13-16(9)2/h4-6H,1-2H3,(H,14,17). The minimum atomic E-state index is -0.370. The maximum Gasteiger partial charge on any atom is 0.277 e. The van der Waals surface area contributed by atoms with Crippen LogP contribution < -0.4 is 5.32 Å². The lowest BCUT2D eigenvalue weighted by atomic mass is 10.3. The largest absolute Gasteiger partial charge is 0.340 e. The molecule has 2 heterocycles. The molecule has 2 aromatic heterocycles. The number of rotatable bonds is 2. The van der Waals surface area contributed by atoms with Crippen molar-refractivity contribution >= 4 is 11.7 Å². The molecule has 7 heteroatoms. The number of nitrogens with zero attached hydrogens (tertiary/aromatic N) is 5. The van der Waals surface area contributed by atoms with Crippen molar-refractivity contribution < 1.29 is 4.79 Å². The molecule has 1 N–H and O–H groups in total. The van der Waals surface area contributed by atoms with Gasteiger partial charge in [-0.3, -0.25) is 9.48 Å². The summed E-state index contributed by atoms with van der Waals surface area (Å²) in [6.45, 7) is 0. The van der Waals surface area contributed by atoms with Crippen LogP contribution >= 0.6 is 0 Å². The second-order valence-corrected chi connectivity index (χ2v) is 3.52. The van der Waals surface area contributed by atoms with E-state index in [1.54, 1.807) is 24.9 Å². The van der Waals surface area contributed by atoms with Gasteiger partial charge in [0.05, 0.1) is 12.5 Å². The zero-order valence-electron chi connectivity index (χ0n) is 9.38. The fourth-order valence-electron chi connectivity index (χ4n) is 1.37. The molecule has 2 aromatic rings. The number of aromatic nitrogens is 4. The summed E-state index contributed by atoms with van der Waals surface area (Å²) in [5, 5.41) is 15.3. The van der Waals surface area contributed by atoms with E-state index < -0.39 is 0 Å². The van der Waals surface area contributed by atoms with Gasteiger partial charge in [0.15, 0.2) is 0 Å². The molecule has 0 bridgehead atoms. The van der Waals surface area contributed by atoms with Crippen LogP contribution in [0.15, 0.2) is 18.7 Å². The molecule has 7 nitrogen and oxygen atoms in total. The van der Waals surface area contributed by atoms with Gasteiger partial charge in [0.1, 0.15) is 23.1 Å². The summed E-state index contributed by atoms with van der Waals surface area (Å²) in [7, 11) is 3.42. The monoisotopic (exact) mass is 230 g/mol. The maximum absolute atomic E-state index is 11.8. The number of nitrogens with one attached hydrogen (secondary N) is 1. The van der Waals surface area contributed by atoms with E-state index in [1.807, 2.05) is 6.07 Å². The number of carbonyl (C=O) groups is 1. The SMILES string of the molecule is Cn1cnc(C(=O)Nc2c(C#N)cnn2C)c1. The highest BCUT2D eigenvalue weighted by Gasteiger charge is 2.14. The minimum absolute atomic E-state index is 0.289. The third-order valence-corrected chi connectivity index (χ3v) is 2.23. The highest BCUT2D eigenvalue weighted by Crippen LogP contribution is 2.13. The zero-order chi connectivity index (χ0) is 12.4. The summed E-state index contributed by atoms with van der Waals surface area (Å²) in [6.07, 6.45) is 4.52. The third-order valence-electron chi connectivity index (χ3n) is 2.23. The van der Waals surface area contributed by atoms with Crippen LogP contribution in [0.2, 0.25) is 0 Å². The lowest BCUT2D eigenvalue weighted by Crippen LogP contribution is -2.15. The predicted molar refractivity (Wildman–Crippen MR) is 59.1 cm³/mol. The fraction of sp³-hybridized carbons (Fsp3) is 0.200. The van der Waals surface area contributed by atoms with Crippen molar-refractivity contribution in [3.8, 4) is 6.07 Å². The van der Waals surface area contributed by atoms with Gasteiger partial charge in [0.2, 0.25) is 0 Å².